The number of carbonyl (C=O) groups is 4. The number of benzene rings is 1. The fourth-order valence-corrected chi connectivity index (χ4v) is 9.52. The third kappa shape index (κ3) is 12.3. The Morgan fingerprint density at radius 1 is 0.985 bits per heavy atom. The molecule has 1 saturated carbocycles. The molecule has 3 fully saturated rings. The minimum absolute atomic E-state index is 0.00569. The number of hydrogen-bond donors (Lipinski definition) is 4. The van der Waals surface area contributed by atoms with E-state index >= 15 is 0 Å². The Bertz CT molecular complexity index is 2370. The number of rotatable bonds is 17. The molecule has 4 N–H and O–H groups in total. The van der Waals surface area contributed by atoms with E-state index in [9.17, 15) is 29.5 Å². The van der Waals surface area contributed by atoms with Crippen molar-refractivity contribution in [2.45, 2.75) is 90.7 Å². The summed E-state index contributed by atoms with van der Waals surface area (Å²) in [6.45, 7) is 10.8. The second-order valence-corrected chi connectivity index (χ2v) is 20.1. The van der Waals surface area contributed by atoms with Crippen molar-refractivity contribution >= 4 is 64.1 Å². The molecule has 1 aliphatic carbocycles. The number of amides is 4. The smallest absolute Gasteiger partial charge is 0.246 e. The molecule has 4 amide bonds. The molecule has 20 heteroatoms. The van der Waals surface area contributed by atoms with Gasteiger partial charge in [-0.2, -0.15) is 20.2 Å². The molecule has 346 valence electrons. The Balaban J connectivity index is 0.954. The van der Waals surface area contributed by atoms with Crippen LogP contribution < -0.4 is 30.7 Å². The lowest BCUT2D eigenvalue weighted by molar-refractivity contribution is -0.144. The zero-order valence-electron chi connectivity index (χ0n) is 37.9. The molecule has 7 rings (SSSR count). The van der Waals surface area contributed by atoms with Crippen LogP contribution in [0.2, 0.25) is 0 Å². The molecular formula is C45H59N13O5S2. The minimum atomic E-state index is -0.948. The van der Waals surface area contributed by atoms with Gasteiger partial charge in [0.15, 0.2) is 0 Å². The number of aliphatic hydroxyl groups excluding tert-OH is 1. The number of nitrogens with zero attached hydrogens (tertiary/aromatic N) is 10. The van der Waals surface area contributed by atoms with Crippen LogP contribution in [0.15, 0.2) is 41.2 Å². The quantitative estimate of drug-likeness (QED) is 0.120. The number of nitriles is 1. The molecular weight excluding hydrogens is 867 g/mol. The summed E-state index contributed by atoms with van der Waals surface area (Å²) in [5.41, 5.74) is 4.63. The number of hydrogen-bond acceptors (Lipinski definition) is 16. The number of thiophene rings is 1. The molecule has 3 aromatic heterocycles. The van der Waals surface area contributed by atoms with Gasteiger partial charge in [-0.25, -0.2) is 4.98 Å². The monoisotopic (exact) mass is 925 g/mol. The number of thiazole rings is 1. The van der Waals surface area contributed by atoms with Gasteiger partial charge in [-0.3, -0.25) is 24.1 Å². The first-order valence-corrected chi connectivity index (χ1v) is 23.8. The highest BCUT2D eigenvalue weighted by molar-refractivity contribution is 7.13. The number of aliphatic hydroxyl groups is 1. The van der Waals surface area contributed by atoms with E-state index in [2.05, 4.69) is 27.0 Å². The van der Waals surface area contributed by atoms with E-state index < -0.39 is 29.5 Å². The van der Waals surface area contributed by atoms with Gasteiger partial charge in [0.25, 0.3) is 0 Å². The zero-order chi connectivity index (χ0) is 46.4. The standard InChI is InChI=1S/C45H59N13O5S2/c1-28-38(65-27-48-28)31-9-7-29(8-10-31)22-47-40(62)35-20-33(59)23-58(35)41(63)39(45(2,3)4)50-37(61)25-56-15-17-57(18-16-56)44-52-42(54(5)14-13-36(60)49-32-11-12-32)51-43(53-44)55(6)24-34-19-30(21-46)26-64-34/h7-10,19,26-27,32-33,35,39,59H,11-18,20,22-25H2,1-6H3,(H,47,62)(H,49,60)(H,50,61)/t33-,35+,39-/m1/s1. The van der Waals surface area contributed by atoms with Crippen molar-refractivity contribution in [1.29, 1.82) is 5.26 Å². The maximum Gasteiger partial charge on any atom is 0.246 e. The highest BCUT2D eigenvalue weighted by Gasteiger charge is 2.44. The predicted molar refractivity (Wildman–Crippen MR) is 250 cm³/mol. The minimum Gasteiger partial charge on any atom is -0.391 e. The maximum atomic E-state index is 14.3. The van der Waals surface area contributed by atoms with Gasteiger partial charge < -0.3 is 40.7 Å². The molecule has 65 heavy (non-hydrogen) atoms. The van der Waals surface area contributed by atoms with Gasteiger partial charge in [-0.1, -0.05) is 45.0 Å². The molecule has 0 spiro atoms. The summed E-state index contributed by atoms with van der Waals surface area (Å²) in [5, 5.41) is 30.8. The van der Waals surface area contributed by atoms with E-state index in [0.717, 1.165) is 39.4 Å². The average molecular weight is 926 g/mol. The number of nitrogens with one attached hydrogen (secondary N) is 3. The molecule has 3 aliphatic rings. The van der Waals surface area contributed by atoms with E-state index in [4.69, 9.17) is 15.0 Å². The van der Waals surface area contributed by atoms with Crippen LogP contribution in [0.25, 0.3) is 10.4 Å². The van der Waals surface area contributed by atoms with Crippen LogP contribution in [0.3, 0.4) is 0 Å². The lowest BCUT2D eigenvalue weighted by Crippen LogP contribution is -2.59. The normalized spacial score (nSPS) is 18.2. The van der Waals surface area contributed by atoms with E-state index in [-0.39, 0.29) is 49.8 Å². The van der Waals surface area contributed by atoms with Crippen molar-refractivity contribution in [3.05, 3.63) is 62.9 Å². The number of anilines is 3. The number of piperazine rings is 1. The van der Waals surface area contributed by atoms with Crippen molar-refractivity contribution in [2.75, 3.05) is 74.6 Å². The molecule has 18 nitrogen and oxygen atoms in total. The molecule has 0 unspecified atom stereocenters. The van der Waals surface area contributed by atoms with Gasteiger partial charge in [0.1, 0.15) is 18.2 Å². The van der Waals surface area contributed by atoms with Gasteiger partial charge >= 0.3 is 0 Å². The van der Waals surface area contributed by atoms with Crippen molar-refractivity contribution in [2.24, 2.45) is 5.41 Å². The molecule has 1 aromatic carbocycles. The topological polar surface area (TPSA) is 216 Å². The Hall–Kier alpha value is -5.75. The molecule has 4 aromatic rings. The van der Waals surface area contributed by atoms with Crippen LogP contribution in [-0.4, -0.2) is 143 Å². The fraction of sp³-hybridized carbons (Fsp3) is 0.533. The third-order valence-corrected chi connectivity index (χ3v) is 13.7. The average Bonchev–Trinajstić information content (AvgIpc) is 3.59. The molecule has 0 radical (unpaired) electrons. The SMILES string of the molecule is Cc1ncsc1-c1ccc(CNC(=O)[C@@H]2C[C@@H](O)CN2C(=O)[C@@H](NC(=O)CN2CCN(c3nc(N(C)CCC(=O)NC4CC4)nc(N(C)Cc4cc(C#N)cs4)n3)CC2)C(C)(C)C)cc1. The van der Waals surface area contributed by atoms with Gasteiger partial charge in [0, 0.05) is 89.0 Å². The van der Waals surface area contributed by atoms with Crippen LogP contribution in [-0.2, 0) is 32.3 Å². The molecule has 5 heterocycles. The summed E-state index contributed by atoms with van der Waals surface area (Å²) >= 11 is 3.07. The molecule has 2 saturated heterocycles. The lowest BCUT2D eigenvalue weighted by atomic mass is 9.85. The highest BCUT2D eigenvalue weighted by atomic mass is 32.1. The van der Waals surface area contributed by atoms with Crippen LogP contribution in [0, 0.1) is 23.7 Å². The Morgan fingerprint density at radius 3 is 2.32 bits per heavy atom. The van der Waals surface area contributed by atoms with Gasteiger partial charge in [0.05, 0.1) is 40.8 Å². The van der Waals surface area contributed by atoms with Gasteiger partial charge in [-0.15, -0.1) is 22.7 Å². The van der Waals surface area contributed by atoms with Gasteiger partial charge in [0.2, 0.25) is 41.5 Å². The number of β-amino-alcohol motifs (C(OH)–C–C–N with tert-alkyl or cyclic N) is 1. The van der Waals surface area contributed by atoms with Crippen molar-refractivity contribution in [1.82, 2.24) is 45.7 Å². The fourth-order valence-electron chi connectivity index (χ4n) is 7.85. The van der Waals surface area contributed by atoms with E-state index in [1.165, 1.54) is 16.2 Å². The maximum absolute atomic E-state index is 14.3. The van der Waals surface area contributed by atoms with Crippen LogP contribution in [0.4, 0.5) is 17.8 Å². The number of aromatic nitrogens is 4. The number of likely N-dealkylation sites (tertiary alicyclic amines) is 1. The largest absolute Gasteiger partial charge is 0.391 e. The molecule has 2 aliphatic heterocycles. The summed E-state index contributed by atoms with van der Waals surface area (Å²) < 4.78 is 0. The van der Waals surface area contributed by atoms with E-state index in [1.807, 2.05) is 103 Å². The Kier molecular flexibility index (Phi) is 15.0. The van der Waals surface area contributed by atoms with Crippen LogP contribution in [0.5, 0.6) is 0 Å². The number of aryl methyl sites for hydroxylation is 1. The summed E-state index contributed by atoms with van der Waals surface area (Å²) in [5.74, 6) is 0.245. The van der Waals surface area contributed by atoms with E-state index in [1.54, 1.807) is 11.3 Å². The zero-order valence-corrected chi connectivity index (χ0v) is 39.5. The van der Waals surface area contributed by atoms with Crippen LogP contribution >= 0.6 is 22.7 Å². The van der Waals surface area contributed by atoms with E-state index in [0.29, 0.717) is 69.1 Å². The summed E-state index contributed by atoms with van der Waals surface area (Å²) in [6.07, 6.45) is 1.56. The highest BCUT2D eigenvalue weighted by Crippen LogP contribution is 2.29. The number of carbonyl (C=O) groups excluding carboxylic acids is 4. The lowest BCUT2D eigenvalue weighted by Gasteiger charge is -2.37. The van der Waals surface area contributed by atoms with Crippen molar-refractivity contribution in [3.8, 4) is 16.5 Å². The first-order chi connectivity index (χ1) is 31.0. The molecule has 3 atom stereocenters. The summed E-state index contributed by atoms with van der Waals surface area (Å²) in [7, 11) is 3.74. The summed E-state index contributed by atoms with van der Waals surface area (Å²) in [6, 6.07) is 10.4. The molecule has 0 bridgehead atoms. The second kappa shape index (κ2) is 20.6. The summed E-state index contributed by atoms with van der Waals surface area (Å²) in [4.78, 5) is 84.2. The second-order valence-electron chi connectivity index (χ2n) is 18.2. The first-order valence-electron chi connectivity index (χ1n) is 22.0. The Morgan fingerprint density at radius 2 is 1.69 bits per heavy atom. The van der Waals surface area contributed by atoms with Crippen LogP contribution in [0.1, 0.15) is 68.2 Å². The van der Waals surface area contributed by atoms with Gasteiger partial charge in [-0.05, 0) is 42.4 Å². The Labute approximate surface area is 388 Å². The third-order valence-electron chi connectivity index (χ3n) is 11.8. The predicted octanol–water partition coefficient (Wildman–Crippen LogP) is 2.91. The van der Waals surface area contributed by atoms with Crippen molar-refractivity contribution < 1.29 is 24.3 Å². The first kappa shape index (κ1) is 47.2. The van der Waals surface area contributed by atoms with Crippen molar-refractivity contribution in [3.63, 3.8) is 0 Å².